The van der Waals surface area contributed by atoms with E-state index in [1.54, 1.807) is 7.11 Å². The van der Waals surface area contributed by atoms with Crippen LogP contribution in [0.25, 0.3) is 0 Å². The summed E-state index contributed by atoms with van der Waals surface area (Å²) in [4.78, 5) is 11.2. The minimum absolute atomic E-state index is 0.0907. The maximum absolute atomic E-state index is 11.0. The Balaban J connectivity index is 3.19. The van der Waals surface area contributed by atoms with Crippen LogP contribution in [0.15, 0.2) is 0 Å². The highest BCUT2D eigenvalue weighted by atomic mass is 32.1. The average molecular weight is 220 g/mol. The van der Waals surface area contributed by atoms with Crippen molar-refractivity contribution in [2.45, 2.75) is 6.42 Å². The number of amides is 1. The first-order valence-electron chi connectivity index (χ1n) is 4.28. The molecule has 0 rings (SSSR count). The van der Waals surface area contributed by atoms with Crippen LogP contribution >= 0.6 is 12.2 Å². The molecule has 1 amide bonds. The number of carbonyl (C=O) groups excluding carboxylic acids is 1. The number of methoxy groups -OCH3 is 1. The molecule has 0 saturated carbocycles. The van der Waals surface area contributed by atoms with Gasteiger partial charge in [-0.3, -0.25) is 4.79 Å². The van der Waals surface area contributed by atoms with Crippen LogP contribution in [0.3, 0.4) is 0 Å². The fraction of sp³-hybridized carbons (Fsp3) is 0.750. The molecule has 0 atom stereocenters. The molecule has 0 saturated heterocycles. The summed E-state index contributed by atoms with van der Waals surface area (Å²) in [5.41, 5.74) is 5.19. The Morgan fingerprint density at radius 2 is 2.14 bits per heavy atom. The highest BCUT2D eigenvalue weighted by molar-refractivity contribution is 7.80. The van der Waals surface area contributed by atoms with Crippen LogP contribution in [0.2, 0.25) is 0 Å². The van der Waals surface area contributed by atoms with Crippen LogP contribution in [0.5, 0.6) is 0 Å². The lowest BCUT2D eigenvalue weighted by Gasteiger charge is -2.05. The second-order valence-electron chi connectivity index (χ2n) is 2.60. The molecule has 6 heteroatoms. The zero-order valence-electron chi connectivity index (χ0n) is 8.25. The first-order valence-corrected chi connectivity index (χ1v) is 4.69. The Labute approximate surface area is 88.9 Å². The third-order valence-electron chi connectivity index (χ3n) is 1.34. The van der Waals surface area contributed by atoms with Crippen molar-refractivity contribution in [1.82, 2.24) is 5.32 Å². The SMILES string of the molecule is COCCOCCNC(=O)CC(N)=S. The van der Waals surface area contributed by atoms with Gasteiger partial charge in [0.25, 0.3) is 0 Å². The minimum atomic E-state index is -0.173. The molecule has 0 unspecified atom stereocenters. The normalized spacial score (nSPS) is 9.79. The molecule has 3 N–H and O–H groups in total. The minimum Gasteiger partial charge on any atom is -0.393 e. The van der Waals surface area contributed by atoms with E-state index in [1.165, 1.54) is 0 Å². The summed E-state index contributed by atoms with van der Waals surface area (Å²) in [5, 5.41) is 2.62. The highest BCUT2D eigenvalue weighted by Gasteiger charge is 2.01. The Bertz CT molecular complexity index is 187. The molecule has 0 fully saturated rings. The van der Waals surface area contributed by atoms with E-state index in [9.17, 15) is 4.79 Å². The number of hydrogen-bond donors (Lipinski definition) is 2. The van der Waals surface area contributed by atoms with Crippen molar-refractivity contribution in [1.29, 1.82) is 0 Å². The zero-order valence-corrected chi connectivity index (χ0v) is 9.06. The van der Waals surface area contributed by atoms with E-state index < -0.39 is 0 Å². The topological polar surface area (TPSA) is 73.6 Å². The van der Waals surface area contributed by atoms with E-state index in [4.69, 9.17) is 15.2 Å². The monoisotopic (exact) mass is 220 g/mol. The number of nitrogens with two attached hydrogens (primary N) is 1. The Morgan fingerprint density at radius 3 is 2.71 bits per heavy atom. The molecular formula is C8H16N2O3S. The molecule has 0 heterocycles. The molecule has 0 aromatic carbocycles. The summed E-state index contributed by atoms with van der Waals surface area (Å²) < 4.78 is 9.90. The number of nitrogens with one attached hydrogen (secondary N) is 1. The van der Waals surface area contributed by atoms with E-state index in [0.29, 0.717) is 26.4 Å². The summed E-state index contributed by atoms with van der Waals surface area (Å²) in [6.07, 6.45) is 0.0907. The lowest BCUT2D eigenvalue weighted by molar-refractivity contribution is -0.120. The molecule has 0 spiro atoms. The van der Waals surface area contributed by atoms with Gasteiger partial charge in [0, 0.05) is 13.7 Å². The van der Waals surface area contributed by atoms with E-state index in [1.807, 2.05) is 0 Å². The third kappa shape index (κ3) is 9.37. The van der Waals surface area contributed by atoms with Gasteiger partial charge in [-0.2, -0.15) is 0 Å². The van der Waals surface area contributed by atoms with Crippen LogP contribution < -0.4 is 11.1 Å². The summed E-state index contributed by atoms with van der Waals surface area (Å²) in [5.74, 6) is -0.173. The van der Waals surface area contributed by atoms with Crippen LogP contribution in [0, 0.1) is 0 Å². The standard InChI is InChI=1S/C8H16N2O3S/c1-12-4-5-13-3-2-10-8(11)6-7(9)14/h2-6H2,1H3,(H2,9,14)(H,10,11). The first-order chi connectivity index (χ1) is 6.66. The van der Waals surface area contributed by atoms with Crippen molar-refractivity contribution in [2.24, 2.45) is 5.73 Å². The van der Waals surface area contributed by atoms with Gasteiger partial charge in [-0.1, -0.05) is 12.2 Å². The molecule has 0 aromatic heterocycles. The lowest BCUT2D eigenvalue weighted by Crippen LogP contribution is -2.30. The summed E-state index contributed by atoms with van der Waals surface area (Å²) >= 11 is 4.58. The van der Waals surface area contributed by atoms with Crippen LogP contribution in [0.4, 0.5) is 0 Å². The summed E-state index contributed by atoms with van der Waals surface area (Å²) in [6.45, 7) is 2.01. The first kappa shape index (κ1) is 13.3. The fourth-order valence-electron chi connectivity index (χ4n) is 0.728. The van der Waals surface area contributed by atoms with Gasteiger partial charge >= 0.3 is 0 Å². The van der Waals surface area contributed by atoms with Gasteiger partial charge in [0.15, 0.2) is 0 Å². The zero-order chi connectivity index (χ0) is 10.8. The van der Waals surface area contributed by atoms with Gasteiger partial charge in [0.05, 0.1) is 31.2 Å². The van der Waals surface area contributed by atoms with Gasteiger partial charge in [-0.05, 0) is 0 Å². The molecule has 0 radical (unpaired) electrons. The average Bonchev–Trinajstić information content (AvgIpc) is 2.10. The maximum atomic E-state index is 11.0. The summed E-state index contributed by atoms with van der Waals surface area (Å²) in [6, 6.07) is 0. The molecular weight excluding hydrogens is 204 g/mol. The fourth-order valence-corrected chi connectivity index (χ4v) is 0.859. The van der Waals surface area contributed by atoms with Crippen molar-refractivity contribution < 1.29 is 14.3 Å². The van der Waals surface area contributed by atoms with Gasteiger partial charge in [0.2, 0.25) is 5.91 Å². The number of carbonyl (C=O) groups is 1. The number of ether oxygens (including phenoxy) is 2. The molecule has 0 bridgehead atoms. The highest BCUT2D eigenvalue weighted by Crippen LogP contribution is 1.80. The number of rotatable bonds is 8. The predicted octanol–water partition coefficient (Wildman–Crippen LogP) is -0.558. The van der Waals surface area contributed by atoms with Gasteiger partial charge in [-0.15, -0.1) is 0 Å². The third-order valence-corrected chi connectivity index (χ3v) is 1.48. The predicted molar refractivity (Wildman–Crippen MR) is 57.1 cm³/mol. The van der Waals surface area contributed by atoms with Crippen molar-refractivity contribution in [3.63, 3.8) is 0 Å². The molecule has 0 aliphatic carbocycles. The maximum Gasteiger partial charge on any atom is 0.226 e. The molecule has 14 heavy (non-hydrogen) atoms. The molecule has 5 nitrogen and oxygen atoms in total. The second-order valence-corrected chi connectivity index (χ2v) is 3.12. The summed E-state index contributed by atoms with van der Waals surface area (Å²) in [7, 11) is 1.60. The van der Waals surface area contributed by atoms with Gasteiger partial charge in [-0.25, -0.2) is 0 Å². The Morgan fingerprint density at radius 1 is 1.43 bits per heavy atom. The quantitative estimate of drug-likeness (QED) is 0.424. The smallest absolute Gasteiger partial charge is 0.226 e. The molecule has 0 aliphatic heterocycles. The molecule has 0 aliphatic rings. The van der Waals surface area contributed by atoms with Gasteiger partial charge < -0.3 is 20.5 Å². The number of hydrogen-bond acceptors (Lipinski definition) is 4. The molecule has 82 valence electrons. The lowest BCUT2D eigenvalue weighted by atomic mass is 10.4. The molecule has 0 aromatic rings. The van der Waals surface area contributed by atoms with E-state index in [2.05, 4.69) is 17.5 Å². The number of thiocarbonyl (C=S) groups is 1. The van der Waals surface area contributed by atoms with Crippen LogP contribution in [-0.4, -0.2) is 44.4 Å². The van der Waals surface area contributed by atoms with Crippen LogP contribution in [0.1, 0.15) is 6.42 Å². The van der Waals surface area contributed by atoms with Crippen molar-refractivity contribution in [3.8, 4) is 0 Å². The Kier molecular flexibility index (Phi) is 8.40. The Hall–Kier alpha value is -0.720. The van der Waals surface area contributed by atoms with Crippen molar-refractivity contribution in [2.75, 3.05) is 33.5 Å². The van der Waals surface area contributed by atoms with Crippen molar-refractivity contribution in [3.05, 3.63) is 0 Å². The van der Waals surface area contributed by atoms with E-state index in [-0.39, 0.29) is 17.3 Å². The van der Waals surface area contributed by atoms with E-state index >= 15 is 0 Å². The van der Waals surface area contributed by atoms with Crippen LogP contribution in [-0.2, 0) is 14.3 Å². The van der Waals surface area contributed by atoms with Gasteiger partial charge in [0.1, 0.15) is 0 Å². The second kappa shape index (κ2) is 8.86. The largest absolute Gasteiger partial charge is 0.393 e. The van der Waals surface area contributed by atoms with Crippen molar-refractivity contribution >= 4 is 23.1 Å². The van der Waals surface area contributed by atoms with E-state index in [0.717, 1.165) is 0 Å².